The molecular weight excluding hydrogens is 283 g/mol. The largest absolute Gasteiger partial charge is 0.257 e. The van der Waals surface area contributed by atoms with Gasteiger partial charge < -0.3 is 0 Å². The third kappa shape index (κ3) is 2.30. The van der Waals surface area contributed by atoms with Crippen LogP contribution in [0.4, 0.5) is 0 Å². The summed E-state index contributed by atoms with van der Waals surface area (Å²) in [6, 6.07) is 0. The maximum absolute atomic E-state index is 5.44. The number of aromatic nitrogens is 2. The van der Waals surface area contributed by atoms with Crippen LogP contribution < -0.4 is 0 Å². The van der Waals surface area contributed by atoms with Crippen LogP contribution in [0.3, 0.4) is 0 Å². The standard InChI is InChI=1S/C7H7BBr2N2/c8-1-5-4-11-6(2-9)7(3-10)12-5/h4H,1-3H2. The number of hydrogen-bond donors (Lipinski definition) is 0. The molecule has 0 saturated heterocycles. The summed E-state index contributed by atoms with van der Waals surface area (Å²) < 4.78 is 0. The van der Waals surface area contributed by atoms with Gasteiger partial charge in [-0.05, 0) is 6.32 Å². The van der Waals surface area contributed by atoms with Gasteiger partial charge in [0.1, 0.15) is 0 Å². The molecular formula is C7H7BBr2N2. The number of nitrogens with zero attached hydrogens (tertiary/aromatic N) is 2. The minimum Gasteiger partial charge on any atom is -0.257 e. The van der Waals surface area contributed by atoms with Crippen molar-refractivity contribution >= 4 is 39.7 Å². The van der Waals surface area contributed by atoms with E-state index < -0.39 is 0 Å². The predicted octanol–water partition coefficient (Wildman–Crippen LogP) is 1.93. The third-order valence-electron chi connectivity index (χ3n) is 1.44. The zero-order valence-corrected chi connectivity index (χ0v) is 9.60. The molecule has 2 nitrogen and oxygen atoms in total. The van der Waals surface area contributed by atoms with Crippen molar-refractivity contribution in [1.29, 1.82) is 0 Å². The molecule has 0 bridgehead atoms. The molecule has 0 saturated carbocycles. The molecule has 0 N–H and O–H groups in total. The number of alkyl halides is 2. The maximum Gasteiger partial charge on any atom is 0.0738 e. The van der Waals surface area contributed by atoms with Crippen molar-refractivity contribution in [2.24, 2.45) is 0 Å². The molecule has 0 unspecified atom stereocenters. The average Bonchev–Trinajstić information content (AvgIpc) is 2.16. The van der Waals surface area contributed by atoms with Gasteiger partial charge in [-0.1, -0.05) is 31.9 Å². The lowest BCUT2D eigenvalue weighted by Crippen LogP contribution is -2.01. The van der Waals surface area contributed by atoms with Crippen LogP contribution in [0, 0.1) is 0 Å². The molecule has 0 fully saturated rings. The van der Waals surface area contributed by atoms with E-state index in [4.69, 9.17) is 7.85 Å². The van der Waals surface area contributed by atoms with Crippen LogP contribution in [0.5, 0.6) is 0 Å². The first kappa shape index (κ1) is 10.2. The van der Waals surface area contributed by atoms with Gasteiger partial charge in [-0.2, -0.15) is 0 Å². The molecule has 1 aromatic rings. The topological polar surface area (TPSA) is 25.8 Å². The van der Waals surface area contributed by atoms with Crippen molar-refractivity contribution in [1.82, 2.24) is 9.97 Å². The van der Waals surface area contributed by atoms with Gasteiger partial charge in [0.05, 0.1) is 24.9 Å². The van der Waals surface area contributed by atoms with Crippen molar-refractivity contribution in [3.8, 4) is 0 Å². The quantitative estimate of drug-likeness (QED) is 0.628. The fourth-order valence-corrected chi connectivity index (χ4v) is 1.73. The minimum absolute atomic E-state index is 0.440. The van der Waals surface area contributed by atoms with Crippen molar-refractivity contribution in [3.05, 3.63) is 23.3 Å². The Balaban J connectivity index is 3.02. The Morgan fingerprint density at radius 1 is 1.25 bits per heavy atom. The van der Waals surface area contributed by atoms with E-state index in [0.29, 0.717) is 6.32 Å². The van der Waals surface area contributed by atoms with Gasteiger partial charge in [0.25, 0.3) is 0 Å². The Bertz CT molecular complexity index is 268. The molecule has 1 aromatic heterocycles. The first-order valence-corrected chi connectivity index (χ1v) is 5.71. The van der Waals surface area contributed by atoms with Crippen LogP contribution in [-0.4, -0.2) is 17.8 Å². The highest BCUT2D eigenvalue weighted by Crippen LogP contribution is 2.11. The molecule has 0 aliphatic carbocycles. The molecule has 0 spiro atoms. The van der Waals surface area contributed by atoms with Crippen molar-refractivity contribution in [3.63, 3.8) is 0 Å². The van der Waals surface area contributed by atoms with E-state index in [1.807, 2.05) is 0 Å². The van der Waals surface area contributed by atoms with Crippen LogP contribution >= 0.6 is 31.9 Å². The third-order valence-corrected chi connectivity index (χ3v) is 2.51. The zero-order valence-electron chi connectivity index (χ0n) is 6.43. The van der Waals surface area contributed by atoms with E-state index >= 15 is 0 Å². The Morgan fingerprint density at radius 3 is 2.42 bits per heavy atom. The molecule has 0 atom stereocenters. The number of rotatable bonds is 3. The second-order valence-electron chi connectivity index (χ2n) is 2.23. The first-order chi connectivity index (χ1) is 5.81. The van der Waals surface area contributed by atoms with Gasteiger partial charge in [-0.25, -0.2) is 0 Å². The minimum atomic E-state index is 0.440. The number of halogens is 2. The molecule has 0 aliphatic rings. The Kier molecular flexibility index (Phi) is 4.22. The summed E-state index contributed by atoms with van der Waals surface area (Å²) >= 11 is 6.69. The molecule has 1 heterocycles. The Morgan fingerprint density at radius 2 is 1.92 bits per heavy atom. The van der Waals surface area contributed by atoms with Crippen LogP contribution in [-0.2, 0) is 17.0 Å². The predicted molar refractivity (Wildman–Crippen MR) is 56.8 cm³/mol. The summed E-state index contributed by atoms with van der Waals surface area (Å²) in [6.45, 7) is 0. The van der Waals surface area contributed by atoms with Crippen LogP contribution in [0.2, 0.25) is 0 Å². The second-order valence-corrected chi connectivity index (χ2v) is 3.35. The van der Waals surface area contributed by atoms with Crippen LogP contribution in [0.25, 0.3) is 0 Å². The molecule has 0 amide bonds. The van der Waals surface area contributed by atoms with E-state index in [1.165, 1.54) is 0 Å². The monoisotopic (exact) mass is 288 g/mol. The van der Waals surface area contributed by atoms with Gasteiger partial charge in [0.2, 0.25) is 0 Å². The van der Waals surface area contributed by atoms with Gasteiger partial charge >= 0.3 is 0 Å². The Hall–Kier alpha value is 0.105. The molecule has 62 valence electrons. The summed E-state index contributed by atoms with van der Waals surface area (Å²) in [5, 5.41) is 1.44. The number of hydrogen-bond acceptors (Lipinski definition) is 2. The Labute approximate surface area is 89.9 Å². The van der Waals surface area contributed by atoms with E-state index in [-0.39, 0.29) is 0 Å². The van der Waals surface area contributed by atoms with E-state index in [1.54, 1.807) is 6.20 Å². The van der Waals surface area contributed by atoms with E-state index in [0.717, 1.165) is 27.7 Å². The van der Waals surface area contributed by atoms with Gasteiger partial charge in [-0.3, -0.25) is 9.97 Å². The van der Waals surface area contributed by atoms with Gasteiger partial charge in [0, 0.05) is 16.9 Å². The van der Waals surface area contributed by atoms with Gasteiger partial charge in [0.15, 0.2) is 0 Å². The molecule has 5 heteroatoms. The summed E-state index contributed by atoms with van der Waals surface area (Å²) in [4.78, 5) is 8.54. The highest BCUT2D eigenvalue weighted by Gasteiger charge is 2.03. The summed E-state index contributed by atoms with van der Waals surface area (Å²) in [6.07, 6.45) is 2.15. The SMILES string of the molecule is [B]Cc1cnc(CBr)c(CBr)n1. The summed E-state index contributed by atoms with van der Waals surface area (Å²) in [5.41, 5.74) is 2.74. The average molecular weight is 290 g/mol. The molecule has 12 heavy (non-hydrogen) atoms. The van der Waals surface area contributed by atoms with Crippen molar-refractivity contribution < 1.29 is 0 Å². The van der Waals surface area contributed by atoms with E-state index in [9.17, 15) is 0 Å². The van der Waals surface area contributed by atoms with Gasteiger partial charge in [-0.15, -0.1) is 0 Å². The summed E-state index contributed by atoms with van der Waals surface area (Å²) in [7, 11) is 5.44. The normalized spacial score (nSPS) is 10.2. The molecule has 0 aliphatic heterocycles. The van der Waals surface area contributed by atoms with Crippen molar-refractivity contribution in [2.75, 3.05) is 0 Å². The lowest BCUT2D eigenvalue weighted by molar-refractivity contribution is 0.979. The van der Waals surface area contributed by atoms with Crippen LogP contribution in [0.1, 0.15) is 17.1 Å². The smallest absolute Gasteiger partial charge is 0.0738 e. The fraction of sp³-hybridized carbons (Fsp3) is 0.429. The fourth-order valence-electron chi connectivity index (χ4n) is 0.811. The summed E-state index contributed by atoms with van der Waals surface area (Å²) in [5.74, 6) is 0. The molecule has 0 aromatic carbocycles. The highest BCUT2D eigenvalue weighted by atomic mass is 79.9. The highest BCUT2D eigenvalue weighted by molar-refractivity contribution is 9.09. The molecule has 2 radical (unpaired) electrons. The first-order valence-electron chi connectivity index (χ1n) is 3.47. The molecule has 1 rings (SSSR count). The van der Waals surface area contributed by atoms with Crippen LogP contribution in [0.15, 0.2) is 6.20 Å². The lowest BCUT2D eigenvalue weighted by Gasteiger charge is -2.03. The van der Waals surface area contributed by atoms with Crippen molar-refractivity contribution in [2.45, 2.75) is 17.0 Å². The zero-order chi connectivity index (χ0) is 8.97. The second kappa shape index (κ2) is 4.97. The maximum atomic E-state index is 5.44. The lowest BCUT2D eigenvalue weighted by atomic mass is 10.0. The van der Waals surface area contributed by atoms with E-state index in [2.05, 4.69) is 41.8 Å².